The topological polar surface area (TPSA) is 39.1 Å². The van der Waals surface area contributed by atoms with Crippen molar-refractivity contribution in [1.29, 1.82) is 0 Å². The van der Waals surface area contributed by atoms with Gasteiger partial charge in [0.2, 0.25) is 0 Å². The van der Waals surface area contributed by atoms with Crippen molar-refractivity contribution in [2.24, 2.45) is 7.05 Å². The van der Waals surface area contributed by atoms with Crippen LogP contribution in [0.25, 0.3) is 0 Å². The second kappa shape index (κ2) is 6.54. The first-order valence-electron chi connectivity index (χ1n) is 5.82. The van der Waals surface area contributed by atoms with Gasteiger partial charge in [0, 0.05) is 13.6 Å². The number of benzene rings is 1. The molecule has 0 saturated heterocycles. The maximum Gasteiger partial charge on any atom is 0.148 e. The number of nitrogens with zero attached hydrogens (tertiary/aromatic N) is 2. The van der Waals surface area contributed by atoms with Gasteiger partial charge in [-0.2, -0.15) is 0 Å². The number of aromatic nitrogens is 2. The summed E-state index contributed by atoms with van der Waals surface area (Å²) in [4.78, 5) is 4.07. The molecule has 1 aromatic heterocycles. The molecule has 0 unspecified atom stereocenters. The Kier molecular flexibility index (Phi) is 5.01. The molecule has 0 bridgehead atoms. The monoisotopic (exact) mass is 387 g/mol. The molecule has 1 heterocycles. The highest BCUT2D eigenvalue weighted by atomic mass is 79.9. The second-order valence-corrected chi connectivity index (χ2v) is 5.91. The quantitative estimate of drug-likeness (QED) is 0.854. The number of imidazole rings is 1. The molecule has 1 aromatic carbocycles. The van der Waals surface area contributed by atoms with E-state index < -0.39 is 0 Å². The van der Waals surface area contributed by atoms with Crippen molar-refractivity contribution < 1.29 is 4.74 Å². The highest BCUT2D eigenvalue weighted by molar-refractivity contribution is 9.11. The molecule has 2 rings (SSSR count). The van der Waals surface area contributed by atoms with E-state index in [-0.39, 0.29) is 0 Å². The van der Waals surface area contributed by atoms with E-state index in [9.17, 15) is 0 Å². The molecule has 0 atom stereocenters. The van der Waals surface area contributed by atoms with Gasteiger partial charge in [0.05, 0.1) is 27.2 Å². The van der Waals surface area contributed by atoms with E-state index in [1.165, 1.54) is 5.56 Å². The van der Waals surface area contributed by atoms with E-state index in [0.717, 1.165) is 26.9 Å². The third-order valence-corrected chi connectivity index (χ3v) is 3.90. The third kappa shape index (κ3) is 3.58. The number of aryl methyl sites for hydroxylation is 1. The molecular formula is C13H15Br2N3O. The standard InChI is InChI=1S/C13H15Br2N3O/c1-16-5-9-3-11(14)13(12(15)4-9)19-7-10-6-17-8-18(10)2/h3-4,6,8,16H,5,7H2,1-2H3. The van der Waals surface area contributed by atoms with Gasteiger partial charge in [0.25, 0.3) is 0 Å². The van der Waals surface area contributed by atoms with Crippen LogP contribution in [0, 0.1) is 0 Å². The van der Waals surface area contributed by atoms with Crippen molar-refractivity contribution in [1.82, 2.24) is 14.9 Å². The molecule has 19 heavy (non-hydrogen) atoms. The number of ether oxygens (including phenoxy) is 1. The predicted molar refractivity (Wildman–Crippen MR) is 82.1 cm³/mol. The molecular weight excluding hydrogens is 374 g/mol. The highest BCUT2D eigenvalue weighted by Crippen LogP contribution is 2.35. The molecule has 0 aliphatic rings. The van der Waals surface area contributed by atoms with Crippen molar-refractivity contribution in [2.75, 3.05) is 7.05 Å². The Labute approximate surface area is 129 Å². The molecule has 0 aliphatic carbocycles. The fourth-order valence-electron chi connectivity index (χ4n) is 1.73. The van der Waals surface area contributed by atoms with E-state index in [4.69, 9.17) is 4.74 Å². The lowest BCUT2D eigenvalue weighted by Crippen LogP contribution is -2.06. The number of nitrogens with one attached hydrogen (secondary N) is 1. The first-order chi connectivity index (χ1) is 9.11. The minimum absolute atomic E-state index is 0.485. The molecule has 102 valence electrons. The van der Waals surface area contributed by atoms with Crippen LogP contribution in [0.3, 0.4) is 0 Å². The summed E-state index contributed by atoms with van der Waals surface area (Å²) in [5, 5.41) is 3.13. The van der Waals surface area contributed by atoms with E-state index in [2.05, 4.69) is 54.3 Å². The van der Waals surface area contributed by atoms with Crippen LogP contribution < -0.4 is 10.1 Å². The summed E-state index contributed by atoms with van der Waals surface area (Å²) >= 11 is 7.09. The molecule has 0 fully saturated rings. The maximum atomic E-state index is 5.85. The van der Waals surface area contributed by atoms with Gasteiger partial charge in [-0.25, -0.2) is 4.98 Å². The van der Waals surface area contributed by atoms with Crippen molar-refractivity contribution in [3.63, 3.8) is 0 Å². The minimum Gasteiger partial charge on any atom is -0.485 e. The largest absolute Gasteiger partial charge is 0.485 e. The van der Waals surface area contributed by atoms with Crippen LogP contribution in [0.5, 0.6) is 5.75 Å². The summed E-state index contributed by atoms with van der Waals surface area (Å²) in [6, 6.07) is 4.11. The highest BCUT2D eigenvalue weighted by Gasteiger charge is 2.10. The van der Waals surface area contributed by atoms with Crippen LogP contribution in [0.2, 0.25) is 0 Å². The van der Waals surface area contributed by atoms with Crippen molar-refractivity contribution in [3.8, 4) is 5.75 Å². The van der Waals surface area contributed by atoms with Gasteiger partial charge < -0.3 is 14.6 Å². The summed E-state index contributed by atoms with van der Waals surface area (Å²) in [5.41, 5.74) is 2.22. The fraction of sp³-hybridized carbons (Fsp3) is 0.308. The van der Waals surface area contributed by atoms with Gasteiger partial charge in [-0.15, -0.1) is 0 Å². The first kappa shape index (κ1) is 14.6. The van der Waals surface area contributed by atoms with Crippen LogP contribution in [0.1, 0.15) is 11.3 Å². The lowest BCUT2D eigenvalue weighted by atomic mass is 10.2. The molecule has 1 N–H and O–H groups in total. The van der Waals surface area contributed by atoms with E-state index in [1.807, 2.05) is 18.7 Å². The van der Waals surface area contributed by atoms with Crippen molar-refractivity contribution in [3.05, 3.63) is 44.9 Å². The van der Waals surface area contributed by atoms with Crippen LogP contribution in [-0.4, -0.2) is 16.6 Å². The van der Waals surface area contributed by atoms with Gasteiger partial charge >= 0.3 is 0 Å². The van der Waals surface area contributed by atoms with Gasteiger partial charge in [0.15, 0.2) is 0 Å². The predicted octanol–water partition coefficient (Wildman–Crippen LogP) is 3.24. The van der Waals surface area contributed by atoms with Gasteiger partial charge in [-0.05, 0) is 56.6 Å². The number of hydrogen-bond donors (Lipinski definition) is 1. The van der Waals surface area contributed by atoms with Crippen molar-refractivity contribution >= 4 is 31.9 Å². The molecule has 0 amide bonds. The Balaban J connectivity index is 2.14. The fourth-order valence-corrected chi connectivity index (χ4v) is 3.24. The van der Waals surface area contributed by atoms with Crippen LogP contribution in [0.4, 0.5) is 0 Å². The zero-order chi connectivity index (χ0) is 13.8. The Morgan fingerprint density at radius 2 is 2.00 bits per heavy atom. The maximum absolute atomic E-state index is 5.85. The minimum atomic E-state index is 0.485. The number of halogens is 2. The first-order valence-corrected chi connectivity index (χ1v) is 7.41. The number of rotatable bonds is 5. The lowest BCUT2D eigenvalue weighted by molar-refractivity contribution is 0.293. The van der Waals surface area contributed by atoms with Crippen LogP contribution in [0.15, 0.2) is 33.6 Å². The van der Waals surface area contributed by atoms with Crippen LogP contribution in [-0.2, 0) is 20.2 Å². The zero-order valence-corrected chi connectivity index (χ0v) is 14.0. The van der Waals surface area contributed by atoms with E-state index in [0.29, 0.717) is 6.61 Å². The Morgan fingerprint density at radius 1 is 1.32 bits per heavy atom. The average Bonchev–Trinajstić information content (AvgIpc) is 2.74. The summed E-state index contributed by atoms with van der Waals surface area (Å²) in [6.45, 7) is 1.30. The molecule has 0 saturated carbocycles. The summed E-state index contributed by atoms with van der Waals surface area (Å²) < 4.78 is 9.67. The summed E-state index contributed by atoms with van der Waals surface area (Å²) in [6.07, 6.45) is 3.57. The van der Waals surface area contributed by atoms with Gasteiger partial charge in [-0.3, -0.25) is 0 Å². The molecule has 0 spiro atoms. The van der Waals surface area contributed by atoms with E-state index >= 15 is 0 Å². The second-order valence-electron chi connectivity index (χ2n) is 4.20. The third-order valence-electron chi connectivity index (χ3n) is 2.72. The molecule has 2 aromatic rings. The Morgan fingerprint density at radius 3 is 2.53 bits per heavy atom. The lowest BCUT2D eigenvalue weighted by Gasteiger charge is -2.12. The SMILES string of the molecule is CNCc1cc(Br)c(OCc2cncn2C)c(Br)c1. The van der Waals surface area contributed by atoms with Crippen LogP contribution >= 0.6 is 31.9 Å². The normalized spacial score (nSPS) is 10.7. The summed E-state index contributed by atoms with van der Waals surface area (Å²) in [5.74, 6) is 0.807. The molecule has 4 nitrogen and oxygen atoms in total. The van der Waals surface area contributed by atoms with Gasteiger partial charge in [-0.1, -0.05) is 0 Å². The van der Waals surface area contributed by atoms with Crippen molar-refractivity contribution in [2.45, 2.75) is 13.2 Å². The van der Waals surface area contributed by atoms with Gasteiger partial charge in [0.1, 0.15) is 12.4 Å². The molecule has 0 aliphatic heterocycles. The summed E-state index contributed by atoms with van der Waals surface area (Å²) in [7, 11) is 3.88. The molecule has 0 radical (unpaired) electrons. The molecule has 6 heteroatoms. The Bertz CT molecular complexity index is 546. The number of hydrogen-bond acceptors (Lipinski definition) is 3. The zero-order valence-electron chi connectivity index (χ0n) is 10.8. The van der Waals surface area contributed by atoms with E-state index in [1.54, 1.807) is 12.5 Å². The Hall–Kier alpha value is -0.850. The average molecular weight is 389 g/mol. The smallest absolute Gasteiger partial charge is 0.148 e.